The Hall–Kier alpha value is -1.33. The van der Waals surface area contributed by atoms with Crippen LogP contribution in [-0.4, -0.2) is 12.7 Å². The molecule has 0 saturated carbocycles. The van der Waals surface area contributed by atoms with E-state index in [4.69, 9.17) is 5.26 Å². The fourth-order valence-electron chi connectivity index (χ4n) is 0.636. The molecule has 0 bridgehead atoms. The van der Waals surface area contributed by atoms with Gasteiger partial charge in [0.1, 0.15) is 6.29 Å². The van der Waals surface area contributed by atoms with Gasteiger partial charge in [0, 0.05) is 11.9 Å². The first-order valence-electron chi connectivity index (χ1n) is 3.20. The topological polar surface area (TPSA) is 40.9 Å². The molecule has 0 aliphatic heterocycles. The summed E-state index contributed by atoms with van der Waals surface area (Å²) in [5.41, 5.74) is 1.17. The lowest BCUT2D eigenvalue weighted by Gasteiger charge is -1.87. The molecule has 1 rings (SSSR count). The summed E-state index contributed by atoms with van der Waals surface area (Å²) in [6.45, 7) is 0. The Balaban J connectivity index is 0.000000561. The summed E-state index contributed by atoms with van der Waals surface area (Å²) < 4.78 is 0. The van der Waals surface area contributed by atoms with Gasteiger partial charge in [-0.3, -0.25) is 4.79 Å². The minimum Gasteiger partial charge on any atom is -0.298 e. The van der Waals surface area contributed by atoms with Gasteiger partial charge in [-0.25, -0.2) is 0 Å². The number of hydrogen-bond donors (Lipinski definition) is 0. The van der Waals surface area contributed by atoms with Crippen LogP contribution >= 0.6 is 11.6 Å². The standard InChI is InChI=1S/C8H5NO.CH3Cl/c9-5-7-1-3-8(6-10)4-2-7;1-2/h1-4,6H;1H3. The third-order valence-electron chi connectivity index (χ3n) is 1.18. The number of nitrogens with zero attached hydrogens (tertiary/aromatic N) is 1. The molecule has 0 unspecified atom stereocenters. The predicted octanol–water partition coefficient (Wildman–Crippen LogP) is 2.23. The number of benzene rings is 1. The van der Waals surface area contributed by atoms with E-state index in [0.717, 1.165) is 6.29 Å². The minimum absolute atomic E-state index is 0.575. The summed E-state index contributed by atoms with van der Waals surface area (Å²) in [5, 5.41) is 8.36. The van der Waals surface area contributed by atoms with Gasteiger partial charge in [0.15, 0.2) is 0 Å². The van der Waals surface area contributed by atoms with Crippen molar-refractivity contribution in [3.05, 3.63) is 35.4 Å². The largest absolute Gasteiger partial charge is 0.298 e. The lowest BCUT2D eigenvalue weighted by Crippen LogP contribution is -1.78. The van der Waals surface area contributed by atoms with Crippen molar-refractivity contribution in [2.24, 2.45) is 0 Å². The molecule has 0 heterocycles. The Bertz CT molecular complexity index is 274. The van der Waals surface area contributed by atoms with Crippen LogP contribution in [0.3, 0.4) is 0 Å². The van der Waals surface area contributed by atoms with Gasteiger partial charge < -0.3 is 0 Å². The quantitative estimate of drug-likeness (QED) is 0.493. The second kappa shape index (κ2) is 6.38. The van der Waals surface area contributed by atoms with E-state index in [1.165, 1.54) is 6.38 Å². The Labute approximate surface area is 76.4 Å². The number of nitriles is 1. The van der Waals surface area contributed by atoms with Crippen LogP contribution in [0, 0.1) is 11.3 Å². The van der Waals surface area contributed by atoms with E-state index in [2.05, 4.69) is 11.6 Å². The molecule has 1 aromatic rings. The van der Waals surface area contributed by atoms with Gasteiger partial charge in [-0.05, 0) is 12.1 Å². The molecule has 1 aromatic carbocycles. The predicted molar refractivity (Wildman–Crippen MR) is 48.3 cm³/mol. The van der Waals surface area contributed by atoms with Crippen LogP contribution in [0.15, 0.2) is 24.3 Å². The second-order valence-corrected chi connectivity index (χ2v) is 1.85. The van der Waals surface area contributed by atoms with Gasteiger partial charge in [-0.1, -0.05) is 12.1 Å². The zero-order valence-electron chi connectivity index (χ0n) is 6.62. The first-order chi connectivity index (χ1) is 5.86. The van der Waals surface area contributed by atoms with Gasteiger partial charge in [0.25, 0.3) is 0 Å². The maximum Gasteiger partial charge on any atom is 0.150 e. The molecule has 0 aliphatic carbocycles. The first kappa shape index (κ1) is 10.7. The van der Waals surface area contributed by atoms with Crippen molar-refractivity contribution in [2.45, 2.75) is 0 Å². The molecular weight excluding hydrogens is 174 g/mol. The summed E-state index contributed by atoms with van der Waals surface area (Å²) in [7, 11) is 0. The normalized spacial score (nSPS) is 7.42. The molecule has 0 radical (unpaired) electrons. The van der Waals surface area contributed by atoms with Crippen LogP contribution in [-0.2, 0) is 0 Å². The molecule has 3 heteroatoms. The van der Waals surface area contributed by atoms with E-state index in [9.17, 15) is 4.79 Å². The van der Waals surface area contributed by atoms with E-state index in [-0.39, 0.29) is 0 Å². The van der Waals surface area contributed by atoms with Crippen LogP contribution < -0.4 is 0 Å². The molecule has 62 valence electrons. The number of halogens is 1. The monoisotopic (exact) mass is 181 g/mol. The number of carbonyl (C=O) groups excluding carboxylic acids is 1. The molecule has 2 nitrogen and oxygen atoms in total. The lowest BCUT2D eigenvalue weighted by atomic mass is 10.2. The van der Waals surface area contributed by atoms with Gasteiger partial charge in [0.05, 0.1) is 11.6 Å². The smallest absolute Gasteiger partial charge is 0.150 e. The maximum atomic E-state index is 10.1. The molecule has 0 N–H and O–H groups in total. The molecule has 0 amide bonds. The van der Waals surface area contributed by atoms with Crippen LogP contribution in [0.25, 0.3) is 0 Å². The van der Waals surface area contributed by atoms with Crippen molar-refractivity contribution in [2.75, 3.05) is 6.38 Å². The summed E-state index contributed by atoms with van der Waals surface area (Å²) in [6.07, 6.45) is 2.22. The fourth-order valence-corrected chi connectivity index (χ4v) is 0.636. The third-order valence-corrected chi connectivity index (χ3v) is 1.18. The molecular formula is C9H8ClNO. The molecule has 0 aliphatic rings. The summed E-state index contributed by atoms with van der Waals surface area (Å²) in [5.74, 6) is 0. The second-order valence-electron chi connectivity index (χ2n) is 1.85. The lowest BCUT2D eigenvalue weighted by molar-refractivity contribution is 0.112. The van der Waals surface area contributed by atoms with Crippen LogP contribution in [0.1, 0.15) is 15.9 Å². The number of carbonyl (C=O) groups is 1. The van der Waals surface area contributed by atoms with E-state index in [1.54, 1.807) is 24.3 Å². The van der Waals surface area contributed by atoms with Crippen molar-refractivity contribution >= 4 is 17.9 Å². The van der Waals surface area contributed by atoms with Crippen LogP contribution in [0.5, 0.6) is 0 Å². The maximum absolute atomic E-state index is 10.1. The highest BCUT2D eigenvalue weighted by atomic mass is 35.5. The molecule has 0 saturated heterocycles. The van der Waals surface area contributed by atoms with Crippen molar-refractivity contribution < 1.29 is 4.79 Å². The summed E-state index contributed by atoms with van der Waals surface area (Å²) in [4.78, 5) is 10.1. The average Bonchev–Trinajstić information content (AvgIpc) is 2.21. The minimum atomic E-state index is 0.575. The number of hydrogen-bond acceptors (Lipinski definition) is 2. The van der Waals surface area contributed by atoms with E-state index < -0.39 is 0 Å². The molecule has 0 atom stereocenters. The van der Waals surface area contributed by atoms with Gasteiger partial charge >= 0.3 is 0 Å². The van der Waals surface area contributed by atoms with E-state index in [0.29, 0.717) is 11.1 Å². The highest BCUT2D eigenvalue weighted by molar-refractivity contribution is 6.15. The molecule has 12 heavy (non-hydrogen) atoms. The average molecular weight is 182 g/mol. The molecule has 0 aromatic heterocycles. The SMILES string of the molecule is CCl.N#Cc1ccc(C=O)cc1. The van der Waals surface area contributed by atoms with Gasteiger partial charge in [0.2, 0.25) is 0 Å². The Morgan fingerprint density at radius 2 is 1.83 bits per heavy atom. The van der Waals surface area contributed by atoms with Crippen molar-refractivity contribution in [1.29, 1.82) is 5.26 Å². The number of aldehydes is 1. The van der Waals surface area contributed by atoms with Gasteiger partial charge in [-0.2, -0.15) is 5.26 Å². The first-order valence-corrected chi connectivity index (χ1v) is 3.95. The Morgan fingerprint density at radius 3 is 2.17 bits per heavy atom. The van der Waals surface area contributed by atoms with Crippen LogP contribution in [0.4, 0.5) is 0 Å². The number of alkyl halides is 1. The van der Waals surface area contributed by atoms with Crippen molar-refractivity contribution in [3.8, 4) is 6.07 Å². The number of rotatable bonds is 1. The van der Waals surface area contributed by atoms with Crippen molar-refractivity contribution in [3.63, 3.8) is 0 Å². The highest BCUT2D eigenvalue weighted by Gasteiger charge is 1.88. The third kappa shape index (κ3) is 3.18. The summed E-state index contributed by atoms with van der Waals surface area (Å²) in [6, 6.07) is 8.43. The van der Waals surface area contributed by atoms with Crippen molar-refractivity contribution in [1.82, 2.24) is 0 Å². The van der Waals surface area contributed by atoms with E-state index in [1.807, 2.05) is 6.07 Å². The summed E-state index contributed by atoms with van der Waals surface area (Å²) >= 11 is 4.64. The van der Waals surface area contributed by atoms with Crippen LogP contribution in [0.2, 0.25) is 0 Å². The van der Waals surface area contributed by atoms with Gasteiger partial charge in [-0.15, -0.1) is 11.6 Å². The molecule has 0 fully saturated rings. The highest BCUT2D eigenvalue weighted by Crippen LogP contribution is 1.99. The fraction of sp³-hybridized carbons (Fsp3) is 0.111. The Kier molecular flexibility index (Phi) is 5.68. The van der Waals surface area contributed by atoms with E-state index >= 15 is 0 Å². The zero-order chi connectivity index (χ0) is 9.40. The Morgan fingerprint density at radius 1 is 1.33 bits per heavy atom. The zero-order valence-corrected chi connectivity index (χ0v) is 7.38. The molecule has 0 spiro atoms.